The third kappa shape index (κ3) is 4.91. The highest BCUT2D eigenvalue weighted by molar-refractivity contribution is 9.10. The van der Waals surface area contributed by atoms with Crippen LogP contribution < -0.4 is 10.3 Å². The van der Waals surface area contributed by atoms with E-state index in [1.165, 1.54) is 6.21 Å². The van der Waals surface area contributed by atoms with Crippen molar-refractivity contribution in [3.8, 4) is 0 Å². The molecule has 0 radical (unpaired) electrons. The minimum absolute atomic E-state index is 0.510. The zero-order valence-electron chi connectivity index (χ0n) is 12.9. The summed E-state index contributed by atoms with van der Waals surface area (Å²) in [7, 11) is 3.93. The number of nitrogens with one attached hydrogen (secondary N) is 1. The highest BCUT2D eigenvalue weighted by Gasteiger charge is 2.16. The van der Waals surface area contributed by atoms with Gasteiger partial charge in [-0.05, 0) is 35.4 Å². The number of hydrogen-bond acceptors (Lipinski definition) is 4. The number of aliphatic hydroxyl groups excluding tert-OH is 1. The van der Waals surface area contributed by atoms with E-state index in [4.69, 9.17) is 0 Å². The largest absolute Gasteiger partial charge is 0.378 e. The van der Waals surface area contributed by atoms with E-state index in [9.17, 15) is 9.90 Å². The van der Waals surface area contributed by atoms with Crippen LogP contribution in [-0.4, -0.2) is 31.3 Å². The van der Waals surface area contributed by atoms with Crippen LogP contribution in [0, 0.1) is 0 Å². The number of hydrazone groups is 1. The average molecular weight is 376 g/mol. The predicted molar refractivity (Wildman–Crippen MR) is 95.6 cm³/mol. The van der Waals surface area contributed by atoms with Crippen LogP contribution >= 0.6 is 15.9 Å². The maximum Gasteiger partial charge on any atom is 0.273 e. The normalized spacial score (nSPS) is 12.2. The van der Waals surface area contributed by atoms with Gasteiger partial charge >= 0.3 is 0 Å². The van der Waals surface area contributed by atoms with E-state index in [2.05, 4.69) is 26.5 Å². The Kier molecular flexibility index (Phi) is 5.90. The summed E-state index contributed by atoms with van der Waals surface area (Å²) in [5.74, 6) is -0.575. The molecule has 2 aromatic carbocycles. The van der Waals surface area contributed by atoms with Crippen molar-refractivity contribution in [1.82, 2.24) is 5.43 Å². The molecular weight excluding hydrogens is 358 g/mol. The first kappa shape index (κ1) is 17.2. The number of amides is 1. The van der Waals surface area contributed by atoms with Crippen LogP contribution in [0.5, 0.6) is 0 Å². The topological polar surface area (TPSA) is 64.9 Å². The number of nitrogens with zero attached hydrogens (tertiary/aromatic N) is 2. The van der Waals surface area contributed by atoms with E-state index < -0.39 is 12.0 Å². The number of anilines is 1. The van der Waals surface area contributed by atoms with Crippen LogP contribution in [0.25, 0.3) is 0 Å². The molecule has 0 saturated heterocycles. The van der Waals surface area contributed by atoms with Crippen molar-refractivity contribution in [3.05, 3.63) is 64.1 Å². The summed E-state index contributed by atoms with van der Waals surface area (Å²) in [4.78, 5) is 13.9. The second-order valence-electron chi connectivity index (χ2n) is 5.17. The van der Waals surface area contributed by atoms with E-state index in [1.807, 2.05) is 43.3 Å². The molecule has 2 rings (SSSR count). The second-order valence-corrected chi connectivity index (χ2v) is 6.09. The minimum Gasteiger partial charge on any atom is -0.378 e. The van der Waals surface area contributed by atoms with Gasteiger partial charge in [0.15, 0.2) is 6.10 Å². The minimum atomic E-state index is -1.25. The molecule has 0 saturated carbocycles. The van der Waals surface area contributed by atoms with Crippen LogP contribution in [0.15, 0.2) is 58.1 Å². The number of benzene rings is 2. The molecule has 0 aliphatic heterocycles. The molecule has 5 nitrogen and oxygen atoms in total. The standard InChI is InChI=1S/C17H18BrN3O2/c1-21(2)15-9-3-12(4-10-15)11-19-20-17(23)16(22)13-5-7-14(18)8-6-13/h3-11,16,22H,1-2H3,(H,20,23)/t16-/m0/s1. The van der Waals surface area contributed by atoms with Gasteiger partial charge in [-0.25, -0.2) is 5.43 Å². The Morgan fingerprint density at radius 3 is 2.35 bits per heavy atom. The molecule has 1 amide bonds. The molecule has 2 aromatic rings. The smallest absolute Gasteiger partial charge is 0.273 e. The van der Waals surface area contributed by atoms with Crippen LogP contribution in [0.1, 0.15) is 17.2 Å². The first-order valence-corrected chi connectivity index (χ1v) is 7.80. The SMILES string of the molecule is CN(C)c1ccc(C=NNC(=O)[C@@H](O)c2ccc(Br)cc2)cc1. The van der Waals surface area contributed by atoms with E-state index in [0.29, 0.717) is 5.56 Å². The first-order chi connectivity index (χ1) is 11.0. The molecule has 0 fully saturated rings. The number of halogens is 1. The monoisotopic (exact) mass is 375 g/mol. The third-order valence-corrected chi connectivity index (χ3v) is 3.76. The Labute approximate surface area is 143 Å². The van der Waals surface area contributed by atoms with Crippen LogP contribution in [0.2, 0.25) is 0 Å². The van der Waals surface area contributed by atoms with Crippen molar-refractivity contribution in [2.45, 2.75) is 6.10 Å². The summed E-state index contributed by atoms with van der Waals surface area (Å²) in [6.07, 6.45) is 0.280. The molecule has 2 N–H and O–H groups in total. The van der Waals surface area contributed by atoms with Crippen molar-refractivity contribution >= 4 is 33.7 Å². The van der Waals surface area contributed by atoms with Gasteiger partial charge in [0.25, 0.3) is 5.91 Å². The second kappa shape index (κ2) is 7.89. The van der Waals surface area contributed by atoms with Gasteiger partial charge < -0.3 is 10.0 Å². The van der Waals surface area contributed by atoms with Crippen LogP contribution in [0.4, 0.5) is 5.69 Å². The quantitative estimate of drug-likeness (QED) is 0.623. The molecule has 0 aliphatic carbocycles. The lowest BCUT2D eigenvalue weighted by molar-refractivity contribution is -0.129. The Balaban J connectivity index is 1.93. The van der Waals surface area contributed by atoms with Crippen molar-refractivity contribution in [2.75, 3.05) is 19.0 Å². The van der Waals surface area contributed by atoms with E-state index in [0.717, 1.165) is 15.7 Å². The lowest BCUT2D eigenvalue weighted by Crippen LogP contribution is -2.25. The van der Waals surface area contributed by atoms with Crippen molar-refractivity contribution < 1.29 is 9.90 Å². The first-order valence-electron chi connectivity index (χ1n) is 7.01. The number of carbonyl (C=O) groups is 1. The number of hydrogen-bond donors (Lipinski definition) is 2. The molecule has 1 atom stereocenters. The molecule has 23 heavy (non-hydrogen) atoms. The van der Waals surface area contributed by atoms with Crippen LogP contribution in [0.3, 0.4) is 0 Å². The molecule has 0 spiro atoms. The molecule has 0 heterocycles. The van der Waals surface area contributed by atoms with E-state index in [1.54, 1.807) is 24.3 Å². The van der Waals surface area contributed by atoms with Gasteiger partial charge in [-0.3, -0.25) is 4.79 Å². The summed E-state index contributed by atoms with van der Waals surface area (Å²) >= 11 is 3.30. The number of rotatable bonds is 5. The lowest BCUT2D eigenvalue weighted by Gasteiger charge is -2.11. The molecule has 0 unspecified atom stereocenters. The Hall–Kier alpha value is -2.18. The van der Waals surface area contributed by atoms with Crippen molar-refractivity contribution in [2.24, 2.45) is 5.10 Å². The highest BCUT2D eigenvalue weighted by Crippen LogP contribution is 2.17. The van der Waals surface area contributed by atoms with Gasteiger partial charge in [0.2, 0.25) is 0 Å². The zero-order chi connectivity index (χ0) is 16.8. The number of aliphatic hydroxyl groups is 1. The van der Waals surface area contributed by atoms with E-state index in [-0.39, 0.29) is 0 Å². The fourth-order valence-corrected chi connectivity index (χ4v) is 2.15. The maximum atomic E-state index is 11.9. The molecular formula is C17H18BrN3O2. The molecule has 0 aromatic heterocycles. The maximum absolute atomic E-state index is 11.9. The summed E-state index contributed by atoms with van der Waals surface area (Å²) in [5, 5.41) is 13.8. The highest BCUT2D eigenvalue weighted by atomic mass is 79.9. The van der Waals surface area contributed by atoms with Gasteiger partial charge in [0, 0.05) is 24.3 Å². The van der Waals surface area contributed by atoms with Gasteiger partial charge in [0.05, 0.1) is 6.21 Å². The van der Waals surface area contributed by atoms with E-state index >= 15 is 0 Å². The van der Waals surface area contributed by atoms with Gasteiger partial charge in [-0.2, -0.15) is 5.10 Å². The third-order valence-electron chi connectivity index (χ3n) is 3.23. The van der Waals surface area contributed by atoms with Gasteiger partial charge in [-0.1, -0.05) is 40.2 Å². The Bertz CT molecular complexity index is 682. The van der Waals surface area contributed by atoms with Gasteiger partial charge in [-0.15, -0.1) is 0 Å². The fourth-order valence-electron chi connectivity index (χ4n) is 1.89. The molecule has 0 bridgehead atoms. The molecule has 6 heteroatoms. The molecule has 0 aliphatic rings. The fraction of sp³-hybridized carbons (Fsp3) is 0.176. The summed E-state index contributed by atoms with van der Waals surface area (Å²) in [6.45, 7) is 0. The summed E-state index contributed by atoms with van der Waals surface area (Å²) in [6, 6.07) is 14.6. The Morgan fingerprint density at radius 1 is 1.17 bits per heavy atom. The molecule has 120 valence electrons. The summed E-state index contributed by atoms with van der Waals surface area (Å²) in [5.41, 5.74) is 4.79. The van der Waals surface area contributed by atoms with Gasteiger partial charge in [0.1, 0.15) is 0 Å². The number of carbonyl (C=O) groups excluding carboxylic acids is 1. The predicted octanol–water partition coefficient (Wildman–Crippen LogP) is 2.70. The lowest BCUT2D eigenvalue weighted by atomic mass is 10.1. The summed E-state index contributed by atoms with van der Waals surface area (Å²) < 4.78 is 0.882. The average Bonchev–Trinajstić information content (AvgIpc) is 2.55. The van der Waals surface area contributed by atoms with Crippen LogP contribution in [-0.2, 0) is 4.79 Å². The Morgan fingerprint density at radius 2 is 1.78 bits per heavy atom. The zero-order valence-corrected chi connectivity index (χ0v) is 14.5. The van der Waals surface area contributed by atoms with Crippen molar-refractivity contribution in [3.63, 3.8) is 0 Å². The van der Waals surface area contributed by atoms with Crippen molar-refractivity contribution in [1.29, 1.82) is 0 Å².